The first kappa shape index (κ1) is 21.5. The molecule has 0 bridgehead atoms. The van der Waals surface area contributed by atoms with E-state index < -0.39 is 0 Å². The molecule has 1 N–H and O–H groups in total. The highest BCUT2D eigenvalue weighted by molar-refractivity contribution is 14.1. The summed E-state index contributed by atoms with van der Waals surface area (Å²) in [4.78, 5) is 28.0. The van der Waals surface area contributed by atoms with Crippen molar-refractivity contribution in [1.82, 2.24) is 10.2 Å². The number of carbonyl (C=O) groups excluding carboxylic acids is 2. The maximum Gasteiger partial charge on any atom is 0.277 e. The Morgan fingerprint density at radius 3 is 2.45 bits per heavy atom. The van der Waals surface area contributed by atoms with E-state index in [9.17, 15) is 9.59 Å². The zero-order valence-corrected chi connectivity index (χ0v) is 19.2. The van der Waals surface area contributed by atoms with E-state index in [-0.39, 0.29) is 11.8 Å². The Labute approximate surface area is 188 Å². The van der Waals surface area contributed by atoms with Crippen LogP contribution in [0.4, 0.5) is 5.69 Å². The van der Waals surface area contributed by atoms with Crippen LogP contribution >= 0.6 is 34.2 Å². The molecule has 3 rings (SSSR count). The summed E-state index contributed by atoms with van der Waals surface area (Å²) in [7, 11) is 4.04. The van der Waals surface area contributed by atoms with Crippen molar-refractivity contribution in [2.45, 2.75) is 13.1 Å². The third-order valence-electron chi connectivity index (χ3n) is 4.29. The van der Waals surface area contributed by atoms with Gasteiger partial charge in [0, 0.05) is 18.7 Å². The van der Waals surface area contributed by atoms with Gasteiger partial charge >= 0.3 is 0 Å². The lowest BCUT2D eigenvalue weighted by Crippen LogP contribution is -2.25. The van der Waals surface area contributed by atoms with Crippen molar-refractivity contribution >= 4 is 51.7 Å². The highest BCUT2D eigenvalue weighted by Gasteiger charge is 2.17. The van der Waals surface area contributed by atoms with Crippen LogP contribution in [0, 0.1) is 0 Å². The Morgan fingerprint density at radius 2 is 1.76 bits per heavy atom. The molecule has 0 aliphatic rings. The summed E-state index contributed by atoms with van der Waals surface area (Å²) in [5.41, 5.74) is 3.47. The lowest BCUT2D eigenvalue weighted by molar-refractivity contribution is 0.0949. The first-order valence-electron chi connectivity index (χ1n) is 9.09. The molecule has 2 aromatic carbocycles. The molecule has 29 heavy (non-hydrogen) atoms. The van der Waals surface area contributed by atoms with Gasteiger partial charge in [0.05, 0.1) is 33.4 Å². The van der Waals surface area contributed by atoms with Gasteiger partial charge in [-0.05, 0) is 54.9 Å². The van der Waals surface area contributed by atoms with E-state index in [4.69, 9.17) is 0 Å². The molecule has 0 aliphatic carbocycles. The monoisotopic (exact) mass is 519 g/mol. The normalized spacial score (nSPS) is 10.8. The SMILES string of the molecule is CN(C)Cc1ccccc1CNC(=O)c1cccc(N(I)C(=O)c2cccs2)c1. The van der Waals surface area contributed by atoms with Crippen LogP contribution in [0.25, 0.3) is 0 Å². The summed E-state index contributed by atoms with van der Waals surface area (Å²) in [5.74, 6) is -0.268. The summed E-state index contributed by atoms with van der Waals surface area (Å²) in [5, 5.41) is 4.86. The summed E-state index contributed by atoms with van der Waals surface area (Å²) >= 11 is 3.37. The summed E-state index contributed by atoms with van der Waals surface area (Å²) < 4.78 is 1.53. The number of thiophene rings is 1. The number of halogens is 1. The first-order chi connectivity index (χ1) is 14.0. The minimum absolute atomic E-state index is 0.101. The second kappa shape index (κ2) is 10.00. The highest BCUT2D eigenvalue weighted by Crippen LogP contribution is 2.24. The second-order valence-corrected chi connectivity index (χ2v) is 8.72. The molecule has 0 fully saturated rings. The predicted octanol–water partition coefficient (Wildman–Crippen LogP) is 4.74. The molecule has 0 unspecified atom stereocenters. The smallest absolute Gasteiger partial charge is 0.277 e. The van der Waals surface area contributed by atoms with E-state index in [2.05, 4.69) is 16.3 Å². The zero-order valence-electron chi connectivity index (χ0n) is 16.3. The van der Waals surface area contributed by atoms with Gasteiger partial charge in [0.25, 0.3) is 11.8 Å². The van der Waals surface area contributed by atoms with Crippen molar-refractivity contribution in [2.75, 3.05) is 17.2 Å². The van der Waals surface area contributed by atoms with Crippen LogP contribution in [-0.4, -0.2) is 30.8 Å². The molecule has 0 saturated heterocycles. The molecule has 0 aliphatic heterocycles. The van der Waals surface area contributed by atoms with Gasteiger partial charge in [0.2, 0.25) is 0 Å². The van der Waals surface area contributed by atoms with Gasteiger partial charge in [-0.1, -0.05) is 36.4 Å². The highest BCUT2D eigenvalue weighted by atomic mass is 127. The second-order valence-electron chi connectivity index (χ2n) is 6.80. The lowest BCUT2D eigenvalue weighted by atomic mass is 10.1. The Kier molecular flexibility index (Phi) is 7.40. The summed E-state index contributed by atoms with van der Waals surface area (Å²) in [6.45, 7) is 1.27. The van der Waals surface area contributed by atoms with E-state index >= 15 is 0 Å². The van der Waals surface area contributed by atoms with E-state index in [0.29, 0.717) is 22.7 Å². The molecule has 0 saturated carbocycles. The molecular formula is C22H22IN3O2S. The number of anilines is 1. The number of nitrogens with zero attached hydrogens (tertiary/aromatic N) is 2. The van der Waals surface area contributed by atoms with E-state index in [1.807, 2.05) is 72.7 Å². The molecule has 1 aromatic heterocycles. The fourth-order valence-corrected chi connectivity index (χ4v) is 4.26. The standard InChI is InChI=1S/C22H22IN3O2S/c1-25(2)15-18-8-4-3-7-17(18)14-24-21(27)16-9-5-10-19(13-16)26(23)22(28)20-11-6-12-29-20/h3-13H,14-15H2,1-2H3,(H,24,27). The fraction of sp³-hybridized carbons (Fsp3) is 0.182. The number of amides is 2. The quantitative estimate of drug-likeness (QED) is 0.363. The van der Waals surface area contributed by atoms with Crippen molar-refractivity contribution < 1.29 is 9.59 Å². The average molecular weight is 519 g/mol. The van der Waals surface area contributed by atoms with Crippen LogP contribution in [0.1, 0.15) is 31.2 Å². The fourth-order valence-electron chi connectivity index (χ4n) is 2.89. The van der Waals surface area contributed by atoms with Crippen molar-refractivity contribution in [3.63, 3.8) is 0 Å². The van der Waals surface area contributed by atoms with E-state index in [1.165, 1.54) is 20.0 Å². The van der Waals surface area contributed by atoms with Crippen LogP contribution in [0.3, 0.4) is 0 Å². The predicted molar refractivity (Wildman–Crippen MR) is 127 cm³/mol. The summed E-state index contributed by atoms with van der Waals surface area (Å²) in [6, 6.07) is 18.8. The van der Waals surface area contributed by atoms with Gasteiger partial charge < -0.3 is 10.2 Å². The van der Waals surface area contributed by atoms with Crippen molar-refractivity contribution in [3.8, 4) is 0 Å². The van der Waals surface area contributed by atoms with Crippen molar-refractivity contribution in [1.29, 1.82) is 0 Å². The molecule has 1 heterocycles. The van der Waals surface area contributed by atoms with Gasteiger partial charge in [0.15, 0.2) is 0 Å². The maximum absolute atomic E-state index is 12.7. The van der Waals surface area contributed by atoms with Gasteiger partial charge in [0.1, 0.15) is 0 Å². The van der Waals surface area contributed by atoms with Crippen LogP contribution in [0.15, 0.2) is 66.0 Å². The van der Waals surface area contributed by atoms with Crippen LogP contribution in [0.2, 0.25) is 0 Å². The Hall–Kier alpha value is -2.23. The first-order valence-corrected chi connectivity index (χ1v) is 10.9. The molecule has 7 heteroatoms. The van der Waals surface area contributed by atoms with Crippen molar-refractivity contribution in [2.24, 2.45) is 0 Å². The molecule has 3 aromatic rings. The topological polar surface area (TPSA) is 52.7 Å². The molecule has 150 valence electrons. The van der Waals surface area contributed by atoms with Gasteiger partial charge in [-0.2, -0.15) is 0 Å². The van der Waals surface area contributed by atoms with Crippen LogP contribution in [-0.2, 0) is 13.1 Å². The molecule has 5 nitrogen and oxygen atoms in total. The number of nitrogens with one attached hydrogen (secondary N) is 1. The van der Waals surface area contributed by atoms with Crippen LogP contribution < -0.4 is 8.43 Å². The number of carbonyl (C=O) groups is 2. The van der Waals surface area contributed by atoms with E-state index in [1.54, 1.807) is 24.3 Å². The number of rotatable bonds is 7. The minimum Gasteiger partial charge on any atom is -0.348 e. The van der Waals surface area contributed by atoms with Crippen LogP contribution in [0.5, 0.6) is 0 Å². The molecular weight excluding hydrogens is 497 g/mol. The maximum atomic E-state index is 12.7. The van der Waals surface area contributed by atoms with Crippen molar-refractivity contribution in [3.05, 3.63) is 87.6 Å². The number of hydrogen-bond donors (Lipinski definition) is 1. The largest absolute Gasteiger partial charge is 0.348 e. The van der Waals surface area contributed by atoms with Gasteiger partial charge in [-0.25, -0.2) is 3.11 Å². The lowest BCUT2D eigenvalue weighted by Gasteiger charge is -2.16. The molecule has 0 radical (unpaired) electrons. The third kappa shape index (κ3) is 5.65. The summed E-state index contributed by atoms with van der Waals surface area (Å²) in [6.07, 6.45) is 0. The van der Waals surface area contributed by atoms with Gasteiger partial charge in [-0.3, -0.25) is 9.59 Å². The zero-order chi connectivity index (χ0) is 20.8. The Morgan fingerprint density at radius 1 is 1.00 bits per heavy atom. The number of hydrogen-bond acceptors (Lipinski definition) is 4. The number of benzene rings is 2. The molecule has 0 atom stereocenters. The minimum atomic E-state index is -0.167. The molecule has 0 spiro atoms. The van der Waals surface area contributed by atoms with Gasteiger partial charge in [-0.15, -0.1) is 11.3 Å². The Balaban J connectivity index is 1.69. The van der Waals surface area contributed by atoms with E-state index in [0.717, 1.165) is 12.1 Å². The Bertz CT molecular complexity index is 989. The third-order valence-corrected chi connectivity index (χ3v) is 6.14. The average Bonchev–Trinajstić information content (AvgIpc) is 3.26. The molecule has 2 amide bonds.